The molecule has 2 fully saturated rings. The van der Waals surface area contributed by atoms with Crippen LogP contribution in [0.5, 0.6) is 11.5 Å². The summed E-state index contributed by atoms with van der Waals surface area (Å²) in [5.74, 6) is 1.49. The Balaban J connectivity index is 1.53. The Morgan fingerprint density at radius 1 is 1.07 bits per heavy atom. The number of hydrogen-bond acceptors (Lipinski definition) is 4. The Morgan fingerprint density at radius 2 is 1.93 bits per heavy atom. The van der Waals surface area contributed by atoms with Crippen molar-refractivity contribution in [1.29, 1.82) is 0 Å². The fraction of sp³-hybridized carbons (Fsp3) is 0.478. The summed E-state index contributed by atoms with van der Waals surface area (Å²) in [6, 6.07) is 13.1. The van der Waals surface area contributed by atoms with Crippen molar-refractivity contribution in [3.63, 3.8) is 0 Å². The SMILES string of the molecule is O[C@]12CCCC[C@H]1C(c1ccc3c(c1)OCO3)N(Cc1ccccc1F)CC2. The molecule has 2 heterocycles. The molecule has 3 aliphatic rings. The maximum atomic E-state index is 14.3. The molecule has 2 aromatic carbocycles. The zero-order valence-corrected chi connectivity index (χ0v) is 15.9. The van der Waals surface area contributed by atoms with Crippen LogP contribution in [-0.2, 0) is 6.54 Å². The Kier molecular flexibility index (Phi) is 4.52. The summed E-state index contributed by atoms with van der Waals surface area (Å²) in [4.78, 5) is 2.33. The molecule has 0 aromatic heterocycles. The van der Waals surface area contributed by atoms with E-state index in [1.165, 1.54) is 6.07 Å². The molecule has 1 unspecified atom stereocenters. The van der Waals surface area contributed by atoms with Crippen LogP contribution in [0.1, 0.15) is 49.3 Å². The van der Waals surface area contributed by atoms with Gasteiger partial charge in [-0.25, -0.2) is 4.39 Å². The number of nitrogens with zero attached hydrogens (tertiary/aromatic N) is 1. The van der Waals surface area contributed by atoms with Crippen molar-refractivity contribution >= 4 is 0 Å². The number of ether oxygens (including phenoxy) is 2. The lowest BCUT2D eigenvalue weighted by Crippen LogP contribution is -2.54. The van der Waals surface area contributed by atoms with E-state index in [1.54, 1.807) is 6.07 Å². The largest absolute Gasteiger partial charge is 0.454 e. The number of halogens is 1. The van der Waals surface area contributed by atoms with Gasteiger partial charge in [-0.2, -0.15) is 0 Å². The van der Waals surface area contributed by atoms with Gasteiger partial charge in [0.15, 0.2) is 11.5 Å². The number of benzene rings is 2. The van der Waals surface area contributed by atoms with Gasteiger partial charge in [0.2, 0.25) is 6.79 Å². The van der Waals surface area contributed by atoms with Gasteiger partial charge in [0, 0.05) is 30.6 Å². The maximum absolute atomic E-state index is 14.3. The van der Waals surface area contributed by atoms with Crippen LogP contribution in [0.25, 0.3) is 0 Å². The Bertz CT molecular complexity index is 873. The number of likely N-dealkylation sites (tertiary alicyclic amines) is 1. The predicted molar refractivity (Wildman–Crippen MR) is 104 cm³/mol. The molecular weight excluding hydrogens is 357 g/mol. The highest BCUT2D eigenvalue weighted by Gasteiger charge is 2.49. The van der Waals surface area contributed by atoms with Crippen LogP contribution in [0.4, 0.5) is 4.39 Å². The second-order valence-electron chi connectivity index (χ2n) is 8.33. The number of aliphatic hydroxyl groups is 1. The summed E-state index contributed by atoms with van der Waals surface area (Å²) in [6.45, 7) is 1.54. The molecule has 5 rings (SSSR count). The first-order valence-electron chi connectivity index (χ1n) is 10.2. The fourth-order valence-electron chi connectivity index (χ4n) is 5.31. The number of fused-ring (bicyclic) bond motifs is 2. The van der Waals surface area contributed by atoms with Gasteiger partial charge in [-0.05, 0) is 43.0 Å². The Labute approximate surface area is 164 Å². The molecule has 4 nitrogen and oxygen atoms in total. The van der Waals surface area contributed by atoms with E-state index in [0.29, 0.717) is 12.1 Å². The van der Waals surface area contributed by atoms with Gasteiger partial charge in [-0.3, -0.25) is 4.90 Å². The van der Waals surface area contributed by atoms with Crippen LogP contribution in [0.2, 0.25) is 0 Å². The average Bonchev–Trinajstić information content (AvgIpc) is 3.17. The van der Waals surface area contributed by atoms with Crippen LogP contribution in [0, 0.1) is 11.7 Å². The third-order valence-electron chi connectivity index (χ3n) is 6.74. The smallest absolute Gasteiger partial charge is 0.231 e. The highest BCUT2D eigenvalue weighted by Crippen LogP contribution is 2.50. The van der Waals surface area contributed by atoms with Crippen molar-refractivity contribution in [3.05, 3.63) is 59.4 Å². The summed E-state index contributed by atoms with van der Waals surface area (Å²) in [7, 11) is 0. The molecule has 0 amide bonds. The molecule has 1 saturated carbocycles. The van der Waals surface area contributed by atoms with Crippen LogP contribution in [-0.4, -0.2) is 28.9 Å². The third-order valence-corrected chi connectivity index (χ3v) is 6.74. The zero-order valence-electron chi connectivity index (χ0n) is 15.9. The maximum Gasteiger partial charge on any atom is 0.231 e. The van der Waals surface area contributed by atoms with Gasteiger partial charge < -0.3 is 14.6 Å². The Hall–Kier alpha value is -2.11. The van der Waals surface area contributed by atoms with E-state index >= 15 is 0 Å². The van der Waals surface area contributed by atoms with E-state index in [0.717, 1.165) is 55.7 Å². The molecule has 28 heavy (non-hydrogen) atoms. The van der Waals surface area contributed by atoms with E-state index in [1.807, 2.05) is 24.3 Å². The molecule has 5 heteroatoms. The highest BCUT2D eigenvalue weighted by molar-refractivity contribution is 5.45. The van der Waals surface area contributed by atoms with E-state index in [-0.39, 0.29) is 24.6 Å². The lowest BCUT2D eigenvalue weighted by molar-refractivity contribution is -0.126. The molecule has 2 aromatic rings. The van der Waals surface area contributed by atoms with Crippen LogP contribution in [0.3, 0.4) is 0 Å². The van der Waals surface area contributed by atoms with Gasteiger partial charge in [-0.1, -0.05) is 37.1 Å². The quantitative estimate of drug-likeness (QED) is 0.852. The van der Waals surface area contributed by atoms with E-state index in [2.05, 4.69) is 11.0 Å². The van der Waals surface area contributed by atoms with E-state index in [9.17, 15) is 9.50 Å². The highest BCUT2D eigenvalue weighted by atomic mass is 19.1. The number of rotatable bonds is 3. The first kappa shape index (κ1) is 18.0. The van der Waals surface area contributed by atoms with Crippen molar-refractivity contribution in [2.24, 2.45) is 5.92 Å². The second kappa shape index (κ2) is 7.05. The predicted octanol–water partition coefficient (Wildman–Crippen LogP) is 4.42. The molecule has 0 bridgehead atoms. The fourth-order valence-corrected chi connectivity index (χ4v) is 5.31. The summed E-state index contributed by atoms with van der Waals surface area (Å²) in [5, 5.41) is 11.4. The molecule has 0 spiro atoms. The molecule has 148 valence electrons. The van der Waals surface area contributed by atoms with Crippen molar-refractivity contribution < 1.29 is 19.0 Å². The molecule has 1 N–H and O–H groups in total. The molecule has 1 saturated heterocycles. The monoisotopic (exact) mass is 383 g/mol. The average molecular weight is 383 g/mol. The van der Waals surface area contributed by atoms with E-state index in [4.69, 9.17) is 9.47 Å². The Morgan fingerprint density at radius 3 is 2.82 bits per heavy atom. The minimum absolute atomic E-state index is 0.0353. The standard InChI is InChI=1S/C23H26FNO3/c24-19-7-2-1-5-17(19)14-25-12-11-23(26)10-4-3-6-18(23)22(25)16-8-9-20-21(13-16)28-15-27-20/h1-2,5,7-9,13,18,22,26H,3-4,6,10-12,14-15H2/t18-,22?,23-/m0/s1. The zero-order chi connectivity index (χ0) is 19.1. The summed E-state index contributed by atoms with van der Waals surface area (Å²) >= 11 is 0. The summed E-state index contributed by atoms with van der Waals surface area (Å²) < 4.78 is 25.4. The molecular formula is C23H26FNO3. The minimum atomic E-state index is -0.634. The molecule has 1 aliphatic carbocycles. The summed E-state index contributed by atoms with van der Waals surface area (Å²) in [5.41, 5.74) is 1.19. The first-order valence-corrected chi connectivity index (χ1v) is 10.2. The van der Waals surface area contributed by atoms with Gasteiger partial charge in [0.05, 0.1) is 5.60 Å². The lowest BCUT2D eigenvalue weighted by atomic mass is 9.66. The first-order chi connectivity index (χ1) is 13.6. The van der Waals surface area contributed by atoms with Crippen LogP contribution < -0.4 is 9.47 Å². The topological polar surface area (TPSA) is 41.9 Å². The normalized spacial score (nSPS) is 29.5. The van der Waals surface area contributed by atoms with Gasteiger partial charge in [0.1, 0.15) is 5.82 Å². The second-order valence-corrected chi connectivity index (χ2v) is 8.33. The van der Waals surface area contributed by atoms with E-state index < -0.39 is 5.60 Å². The molecule has 0 radical (unpaired) electrons. The van der Waals surface area contributed by atoms with Crippen LogP contribution in [0.15, 0.2) is 42.5 Å². The molecule has 3 atom stereocenters. The van der Waals surface area contributed by atoms with Crippen molar-refractivity contribution in [3.8, 4) is 11.5 Å². The minimum Gasteiger partial charge on any atom is -0.454 e. The lowest BCUT2D eigenvalue weighted by Gasteiger charge is -2.52. The van der Waals surface area contributed by atoms with Crippen LogP contribution >= 0.6 is 0 Å². The third kappa shape index (κ3) is 3.07. The van der Waals surface area contributed by atoms with Crippen molar-refractivity contribution in [2.45, 2.75) is 50.3 Å². The van der Waals surface area contributed by atoms with Crippen molar-refractivity contribution in [1.82, 2.24) is 4.90 Å². The van der Waals surface area contributed by atoms with Gasteiger partial charge in [0.25, 0.3) is 0 Å². The number of hydrogen-bond donors (Lipinski definition) is 1. The molecule has 2 aliphatic heterocycles. The van der Waals surface area contributed by atoms with Gasteiger partial charge in [-0.15, -0.1) is 0 Å². The van der Waals surface area contributed by atoms with Gasteiger partial charge >= 0.3 is 0 Å². The number of piperidine rings is 1. The van der Waals surface area contributed by atoms with Crippen molar-refractivity contribution in [2.75, 3.05) is 13.3 Å². The summed E-state index contributed by atoms with van der Waals surface area (Å²) in [6.07, 6.45) is 4.79.